The Morgan fingerprint density at radius 2 is 0.269 bits per heavy atom. The number of carbonyl (C=O) groups is 8. The van der Waals surface area contributed by atoms with Gasteiger partial charge >= 0.3 is 70.4 Å². The highest BCUT2D eigenvalue weighted by Crippen LogP contribution is 2.55. The van der Waals surface area contributed by atoms with Crippen molar-refractivity contribution < 1.29 is 87.7 Å². The lowest BCUT2D eigenvalue weighted by molar-refractivity contribution is -0.123. The van der Waals surface area contributed by atoms with E-state index in [9.17, 15) is 38.4 Å². The van der Waals surface area contributed by atoms with Crippen molar-refractivity contribution in [2.24, 2.45) is 47.3 Å². The van der Waals surface area contributed by atoms with Crippen LogP contribution >= 0.6 is 0 Å². The van der Waals surface area contributed by atoms with Crippen LogP contribution in [0.15, 0.2) is 194 Å². The minimum atomic E-state index is -4.86. The zero-order valence-corrected chi connectivity index (χ0v) is 68.2. The fraction of sp³-hybridized carbons (Fsp3) is 0.444. The van der Waals surface area contributed by atoms with Crippen molar-refractivity contribution in [3.8, 4) is 0 Å². The number of carbonyl (C=O) groups excluding carboxylic acids is 8. The number of amides is 8. The second-order valence-corrected chi connectivity index (χ2v) is 52.9. The third-order valence-electron chi connectivity index (χ3n) is 19.8. The summed E-state index contributed by atoms with van der Waals surface area (Å²) in [7, 11) is -38.9. The van der Waals surface area contributed by atoms with E-state index in [0.717, 1.165) is 0 Å². The van der Waals surface area contributed by atoms with Gasteiger partial charge in [-0.25, -0.2) is 0 Å². The molecule has 0 spiro atoms. The van der Waals surface area contributed by atoms with E-state index in [4.69, 9.17) is 49.4 Å². The molecule has 108 heavy (non-hydrogen) atoms. The molecule has 0 unspecified atom stereocenters. The molecule has 28 nitrogen and oxygen atoms in total. The van der Waals surface area contributed by atoms with E-state index < -0.39 is 118 Å². The van der Waals surface area contributed by atoms with Crippen LogP contribution in [0.5, 0.6) is 0 Å². The third-order valence-corrected chi connectivity index (χ3v) is 57.4. The molecule has 8 bridgehead atoms. The average Bonchev–Trinajstić information content (AvgIpc) is 0.812. The number of allylic oxidation sites excluding steroid dienone is 16. The minimum absolute atomic E-state index is 0.0708. The number of hydrogen-bond acceptors (Lipinski definition) is 20. The molecule has 14 rings (SSSR count). The topological polar surface area (TPSA) is 344 Å². The molecule has 8 aliphatic carbocycles. The van der Waals surface area contributed by atoms with Gasteiger partial charge in [0, 0.05) is 101 Å². The summed E-state index contributed by atoms with van der Waals surface area (Å²) in [6, 6.07) is -0.566. The monoisotopic (exact) mass is 1620 g/mol. The van der Waals surface area contributed by atoms with Gasteiger partial charge in [0.05, 0.1) is 47.3 Å². The molecule has 8 amide bonds. The zero-order valence-electron chi connectivity index (χ0n) is 60.2. The highest BCUT2D eigenvalue weighted by molar-refractivity contribution is 7.03. The molecule has 0 aromatic carbocycles. The van der Waals surface area contributed by atoms with Gasteiger partial charge in [0.15, 0.2) is 0 Å². The number of rotatable bonds is 40. The van der Waals surface area contributed by atoms with Crippen molar-refractivity contribution in [3.63, 3.8) is 0 Å². The van der Waals surface area contributed by atoms with E-state index in [1.807, 2.05) is 97.2 Å². The molecule has 6 heterocycles. The van der Waals surface area contributed by atoms with Crippen LogP contribution in [-0.4, -0.2) is 170 Å². The van der Waals surface area contributed by atoms with Gasteiger partial charge in [-0.1, -0.05) is 194 Å². The molecule has 8 N–H and O–H groups in total. The minimum Gasteiger partial charge on any atom is -0.373 e. The van der Waals surface area contributed by atoms with Crippen molar-refractivity contribution in [3.05, 3.63) is 194 Å². The van der Waals surface area contributed by atoms with Crippen LogP contribution in [-0.2, 0) is 87.7 Å². The van der Waals surface area contributed by atoms with E-state index in [2.05, 4.69) is 42.5 Å². The van der Waals surface area contributed by atoms with E-state index in [1.54, 1.807) is 97.2 Å². The van der Waals surface area contributed by atoms with Gasteiger partial charge in [0.25, 0.3) is 0 Å². The molecule has 0 aromatic heterocycles. The molecule has 6 saturated heterocycles. The van der Waals surface area contributed by atoms with Crippen molar-refractivity contribution >= 4 is 118 Å². The van der Waals surface area contributed by atoms with Gasteiger partial charge in [-0.3, -0.25) is 38.4 Å². The van der Waals surface area contributed by atoms with Gasteiger partial charge < -0.3 is 91.9 Å². The standard InChI is InChI=1S/C72H96N8O20Si8/c81-65(57-25-1-2-26-57)73-41-17-49-101-89-102(50-18-42-74-66(82)58-27-3-4-28-58)92-105(53-21-45-77-69(85)61-33-9-10-34-61)94-103(90-101,51-19-43-75-67(83)59-29-5-6-30-59)96-107(55-23-47-79-71(87)63-37-13-14-38-63)97-104(91-101,52-20-44-76-68(84)60-31-7-8-32-60)95-106(93-102,54-22-46-78-70(86)62-35-11-12-36-62)99-108(98-105,100-107)56-24-48-80-72(88)64-39-15-16-40-64/h1-16,25-40,57-64H,17-24,41-56H2,(H,73,81)(H,74,82)(H,75,83)(H,76,84)(H,77,85)(H,78,86)(H,79,87)(H,80,88). The second-order valence-electron chi connectivity index (χ2n) is 28.2. The lowest BCUT2D eigenvalue weighted by Gasteiger charge is -2.63. The summed E-state index contributed by atoms with van der Waals surface area (Å²) in [5.74, 6) is -6.10. The number of nitrogens with one attached hydrogen (secondary N) is 8. The number of hydrogen-bond donors (Lipinski definition) is 8. The summed E-state index contributed by atoms with van der Waals surface area (Å²) in [4.78, 5) is 111. The van der Waals surface area contributed by atoms with Crippen LogP contribution in [0.2, 0.25) is 48.4 Å². The predicted molar refractivity (Wildman–Crippen MR) is 413 cm³/mol. The Balaban J connectivity index is 0.972. The summed E-state index contributed by atoms with van der Waals surface area (Å²) in [6.45, 7) is 0.742. The Morgan fingerprint density at radius 3 is 0.361 bits per heavy atom. The van der Waals surface area contributed by atoms with Crippen LogP contribution in [0.3, 0.4) is 0 Å². The summed E-state index contributed by atoms with van der Waals surface area (Å²) in [5.41, 5.74) is 0. The smallest absolute Gasteiger partial charge is 0.373 e. The maximum Gasteiger partial charge on any atom is 0.478 e. The molecule has 6 aliphatic heterocycles. The van der Waals surface area contributed by atoms with E-state index >= 15 is 0 Å². The Bertz CT molecular complexity index is 3010. The Kier molecular flexibility index (Phi) is 26.3. The van der Waals surface area contributed by atoms with Gasteiger partial charge in [0.2, 0.25) is 47.3 Å². The average molecular weight is 1620 g/mol. The lowest BCUT2D eigenvalue weighted by atomic mass is 10.1. The van der Waals surface area contributed by atoms with Crippen LogP contribution in [0.4, 0.5) is 0 Å². The molecule has 14 aliphatic rings. The quantitative estimate of drug-likeness (QED) is 0.0267. The Labute approximate surface area is 638 Å². The lowest BCUT2D eigenvalue weighted by Crippen LogP contribution is -2.88. The van der Waals surface area contributed by atoms with Crippen LogP contribution < -0.4 is 42.5 Å². The Hall–Kier alpha value is -7.14. The van der Waals surface area contributed by atoms with E-state index in [-0.39, 0.29) is 199 Å². The zero-order chi connectivity index (χ0) is 75.0. The van der Waals surface area contributed by atoms with Crippen LogP contribution in [0, 0.1) is 47.3 Å². The SMILES string of the molecule is O=C(NCCC[Si]12O[Si]3(CCCNC(=O)C4C=CC=C4)O[Si]4(CCCNC(=O)C5C=CC=C5)O[Si](CCCNC(=O)C5C=CC=C5)(O1)O[Si]1(CCCNC(=O)C5C=CC=C5)O[Si](CCCNC(=O)C5C=CC=C5)(O2)O[Si](CCCNC(=O)C2C=CC=C2)(O3)O[Si](CCCNC(=O)C2C=CC=C2)(O4)O1)C1C=CC=C1. The Morgan fingerprint density at radius 1 is 0.176 bits per heavy atom. The van der Waals surface area contributed by atoms with E-state index in [0.29, 0.717) is 0 Å². The predicted octanol–water partition coefficient (Wildman–Crippen LogP) is 5.75. The maximum atomic E-state index is 13.9. The molecule has 576 valence electrons. The first kappa shape index (κ1) is 79.0. The molecule has 0 saturated carbocycles. The molecular weight excluding hydrogens is 1520 g/mol. The first-order chi connectivity index (χ1) is 52.4. The fourth-order valence-electron chi connectivity index (χ4n) is 14.5. The summed E-state index contributed by atoms with van der Waals surface area (Å²) >= 11 is 0. The molecule has 0 atom stereocenters. The fourth-order valence-corrected chi connectivity index (χ4v) is 64.9. The summed E-state index contributed by atoms with van der Waals surface area (Å²) < 4.78 is 97.4. The second kappa shape index (κ2) is 35.9. The highest BCUT2D eigenvalue weighted by Gasteiger charge is 2.83. The molecule has 6 fully saturated rings. The van der Waals surface area contributed by atoms with Crippen molar-refractivity contribution in [1.82, 2.24) is 42.5 Å². The first-order valence-corrected chi connectivity index (χ1v) is 53.3. The van der Waals surface area contributed by atoms with Crippen molar-refractivity contribution in [2.45, 2.75) is 99.7 Å². The first-order valence-electron chi connectivity index (χ1n) is 37.8. The van der Waals surface area contributed by atoms with Crippen molar-refractivity contribution in [1.29, 1.82) is 0 Å². The normalized spacial score (nSPS) is 30.4. The van der Waals surface area contributed by atoms with Gasteiger partial charge in [0.1, 0.15) is 0 Å². The summed E-state index contributed by atoms with van der Waals surface area (Å²) in [5, 5.41) is 24.8. The van der Waals surface area contributed by atoms with Crippen LogP contribution in [0.1, 0.15) is 51.4 Å². The molecule has 0 radical (unpaired) electrons. The van der Waals surface area contributed by atoms with Gasteiger partial charge in [-0.15, -0.1) is 0 Å². The van der Waals surface area contributed by atoms with Crippen molar-refractivity contribution in [2.75, 3.05) is 52.4 Å². The highest BCUT2D eigenvalue weighted by atomic mass is 28.6. The summed E-state index contributed by atoms with van der Waals surface area (Å²) in [6.07, 6.45) is 58.9. The molecular formula is C72H96N8O20Si8. The largest absolute Gasteiger partial charge is 0.478 e. The molecule has 0 aromatic rings. The maximum absolute atomic E-state index is 13.9. The van der Waals surface area contributed by atoms with Gasteiger partial charge in [-0.2, -0.15) is 0 Å². The van der Waals surface area contributed by atoms with Crippen LogP contribution in [0.25, 0.3) is 0 Å². The third kappa shape index (κ3) is 20.1. The van der Waals surface area contributed by atoms with Gasteiger partial charge in [-0.05, 0) is 51.4 Å². The van der Waals surface area contributed by atoms with E-state index in [1.165, 1.54) is 0 Å². The molecule has 36 heteroatoms.